The summed E-state index contributed by atoms with van der Waals surface area (Å²) in [6.07, 6.45) is 2.09. The minimum Gasteiger partial charge on any atom is -0.477 e. The zero-order valence-corrected chi connectivity index (χ0v) is 14.1. The van der Waals surface area contributed by atoms with Gasteiger partial charge in [-0.25, -0.2) is 17.9 Å². The fraction of sp³-hybridized carbons (Fsp3) is 0.615. The van der Waals surface area contributed by atoms with Crippen LogP contribution in [0.4, 0.5) is 0 Å². The molecule has 1 rings (SSSR count). The van der Waals surface area contributed by atoms with Gasteiger partial charge in [-0.05, 0) is 37.8 Å². The van der Waals surface area contributed by atoms with Crippen LogP contribution >= 0.6 is 11.8 Å². The van der Waals surface area contributed by atoms with Gasteiger partial charge in [0, 0.05) is 18.8 Å². The van der Waals surface area contributed by atoms with Crippen molar-refractivity contribution in [1.29, 1.82) is 0 Å². The Morgan fingerprint density at radius 2 is 2.14 bits per heavy atom. The lowest BCUT2D eigenvalue weighted by molar-refractivity contribution is 0.0685. The van der Waals surface area contributed by atoms with Gasteiger partial charge in [-0.15, -0.1) is 0 Å². The van der Waals surface area contributed by atoms with Crippen molar-refractivity contribution in [2.24, 2.45) is 0 Å². The zero-order chi connectivity index (χ0) is 16.0. The number of nitrogens with one attached hydrogen (secondary N) is 1. The molecule has 0 bridgehead atoms. The van der Waals surface area contributed by atoms with Crippen LogP contribution in [0.3, 0.4) is 0 Å². The maximum atomic E-state index is 12.3. The van der Waals surface area contributed by atoms with E-state index in [0.717, 1.165) is 17.9 Å². The Morgan fingerprint density at radius 3 is 2.62 bits per heavy atom. The molecule has 21 heavy (non-hydrogen) atoms. The minimum absolute atomic E-state index is 0.00301. The van der Waals surface area contributed by atoms with Gasteiger partial charge >= 0.3 is 5.97 Å². The summed E-state index contributed by atoms with van der Waals surface area (Å²) in [6, 6.07) is 1.01. The van der Waals surface area contributed by atoms with E-state index in [4.69, 9.17) is 5.11 Å². The lowest BCUT2D eigenvalue weighted by atomic mass is 10.3. The molecule has 1 aromatic heterocycles. The van der Waals surface area contributed by atoms with E-state index in [1.807, 2.05) is 6.92 Å². The number of rotatable bonds is 9. The van der Waals surface area contributed by atoms with E-state index in [-0.39, 0.29) is 16.6 Å². The van der Waals surface area contributed by atoms with Crippen LogP contribution in [0.5, 0.6) is 0 Å². The number of aromatic carboxylic acids is 1. The van der Waals surface area contributed by atoms with Gasteiger partial charge in [-0.3, -0.25) is 0 Å². The van der Waals surface area contributed by atoms with Gasteiger partial charge in [0.15, 0.2) is 0 Å². The SMILES string of the molecule is CCSCCC(C)NS(=O)(=O)c1cc(C(=O)O)n(CC)c1. The van der Waals surface area contributed by atoms with E-state index in [9.17, 15) is 13.2 Å². The normalized spacial score (nSPS) is 13.3. The molecule has 0 spiro atoms. The molecule has 8 heteroatoms. The molecule has 2 N–H and O–H groups in total. The second-order valence-electron chi connectivity index (χ2n) is 4.66. The number of carboxylic acids is 1. The van der Waals surface area contributed by atoms with Crippen LogP contribution < -0.4 is 4.72 Å². The largest absolute Gasteiger partial charge is 0.477 e. The van der Waals surface area contributed by atoms with Crippen LogP contribution in [0.25, 0.3) is 0 Å². The highest BCUT2D eigenvalue weighted by Gasteiger charge is 2.22. The van der Waals surface area contributed by atoms with Gasteiger partial charge in [-0.2, -0.15) is 11.8 Å². The molecule has 0 amide bonds. The number of nitrogens with zero attached hydrogens (tertiary/aromatic N) is 1. The molecule has 0 saturated carbocycles. The number of hydrogen-bond acceptors (Lipinski definition) is 4. The third-order valence-corrected chi connectivity index (χ3v) is 5.49. The van der Waals surface area contributed by atoms with Crippen molar-refractivity contribution in [3.05, 3.63) is 18.0 Å². The van der Waals surface area contributed by atoms with Gasteiger partial charge in [0.25, 0.3) is 0 Å². The lowest BCUT2D eigenvalue weighted by Crippen LogP contribution is -2.32. The van der Waals surface area contributed by atoms with Crippen molar-refractivity contribution in [1.82, 2.24) is 9.29 Å². The minimum atomic E-state index is -3.69. The Kier molecular flexibility index (Phi) is 6.76. The van der Waals surface area contributed by atoms with Gasteiger partial charge in [0.05, 0.1) is 0 Å². The summed E-state index contributed by atoms with van der Waals surface area (Å²) in [4.78, 5) is 11.1. The Labute approximate surface area is 130 Å². The summed E-state index contributed by atoms with van der Waals surface area (Å²) in [6.45, 7) is 6.03. The molecule has 0 fully saturated rings. The molecule has 0 radical (unpaired) electrons. The van der Waals surface area contributed by atoms with Crippen LogP contribution in [0.1, 0.15) is 37.7 Å². The molecular weight excluding hydrogens is 312 g/mol. The van der Waals surface area contributed by atoms with Crippen molar-refractivity contribution in [3.63, 3.8) is 0 Å². The number of aromatic nitrogens is 1. The van der Waals surface area contributed by atoms with E-state index < -0.39 is 16.0 Å². The van der Waals surface area contributed by atoms with Crippen LogP contribution in [-0.2, 0) is 16.6 Å². The average molecular weight is 334 g/mol. The second kappa shape index (κ2) is 7.86. The fourth-order valence-corrected chi connectivity index (χ4v) is 3.99. The van der Waals surface area contributed by atoms with Crippen molar-refractivity contribution < 1.29 is 18.3 Å². The predicted molar refractivity (Wildman–Crippen MR) is 84.5 cm³/mol. The van der Waals surface area contributed by atoms with Gasteiger partial charge in [0.1, 0.15) is 10.6 Å². The number of sulfonamides is 1. The highest BCUT2D eigenvalue weighted by Crippen LogP contribution is 2.16. The summed E-state index contributed by atoms with van der Waals surface area (Å²) in [5.74, 6) is 0.753. The quantitative estimate of drug-likeness (QED) is 0.675. The molecule has 120 valence electrons. The molecular formula is C13H22N2O4S2. The Morgan fingerprint density at radius 1 is 1.48 bits per heavy atom. The number of aryl methyl sites for hydroxylation is 1. The molecule has 1 aromatic rings. The molecule has 1 atom stereocenters. The summed E-state index contributed by atoms with van der Waals surface area (Å²) in [5.41, 5.74) is -0.0212. The summed E-state index contributed by atoms with van der Waals surface area (Å²) >= 11 is 1.76. The highest BCUT2D eigenvalue weighted by molar-refractivity contribution is 7.99. The molecule has 1 unspecified atom stereocenters. The second-order valence-corrected chi connectivity index (χ2v) is 7.77. The first kappa shape index (κ1) is 18.1. The van der Waals surface area contributed by atoms with Gasteiger partial charge in [0.2, 0.25) is 10.0 Å². The molecule has 0 aliphatic heterocycles. The first-order chi connectivity index (χ1) is 9.81. The molecule has 6 nitrogen and oxygen atoms in total. The Balaban J connectivity index is 2.85. The molecule has 0 aliphatic carbocycles. The first-order valence-electron chi connectivity index (χ1n) is 6.85. The fourth-order valence-electron chi connectivity index (χ4n) is 1.87. The molecule has 0 aromatic carbocycles. The first-order valence-corrected chi connectivity index (χ1v) is 9.49. The van der Waals surface area contributed by atoms with Crippen molar-refractivity contribution in [3.8, 4) is 0 Å². The number of carboxylic acid groups (broad SMARTS) is 1. The molecule has 0 saturated heterocycles. The maximum absolute atomic E-state index is 12.3. The number of hydrogen-bond donors (Lipinski definition) is 2. The smallest absolute Gasteiger partial charge is 0.352 e. The van der Waals surface area contributed by atoms with Crippen LogP contribution in [0.2, 0.25) is 0 Å². The maximum Gasteiger partial charge on any atom is 0.352 e. The molecule has 1 heterocycles. The monoisotopic (exact) mass is 334 g/mol. The summed E-state index contributed by atoms with van der Waals surface area (Å²) in [7, 11) is -3.69. The molecule has 0 aliphatic rings. The zero-order valence-electron chi connectivity index (χ0n) is 12.5. The van der Waals surface area contributed by atoms with Gasteiger partial charge < -0.3 is 9.67 Å². The summed E-state index contributed by atoms with van der Waals surface area (Å²) < 4.78 is 28.5. The standard InChI is InChI=1S/C13H22N2O4S2/c1-4-15-9-11(8-12(15)13(16)17)21(18,19)14-10(3)6-7-20-5-2/h8-10,14H,4-7H2,1-3H3,(H,16,17). The summed E-state index contributed by atoms with van der Waals surface area (Å²) in [5, 5.41) is 9.06. The van der Waals surface area contributed by atoms with E-state index in [0.29, 0.717) is 6.54 Å². The van der Waals surface area contributed by atoms with Crippen molar-refractivity contribution >= 4 is 27.8 Å². The predicted octanol–water partition coefficient (Wildman–Crippen LogP) is 2.02. The Hall–Kier alpha value is -0.990. The van der Waals surface area contributed by atoms with E-state index in [2.05, 4.69) is 11.6 Å². The lowest BCUT2D eigenvalue weighted by Gasteiger charge is -2.12. The van der Waals surface area contributed by atoms with E-state index in [1.54, 1.807) is 18.7 Å². The van der Waals surface area contributed by atoms with Crippen LogP contribution in [0, 0.1) is 0 Å². The third kappa shape index (κ3) is 5.05. The van der Waals surface area contributed by atoms with E-state index >= 15 is 0 Å². The van der Waals surface area contributed by atoms with Crippen molar-refractivity contribution in [2.45, 2.75) is 44.7 Å². The third-order valence-electron chi connectivity index (χ3n) is 3.00. The average Bonchev–Trinajstić information content (AvgIpc) is 2.83. The van der Waals surface area contributed by atoms with Crippen molar-refractivity contribution in [2.75, 3.05) is 11.5 Å². The highest BCUT2D eigenvalue weighted by atomic mass is 32.2. The van der Waals surface area contributed by atoms with Crippen LogP contribution in [0.15, 0.2) is 17.2 Å². The van der Waals surface area contributed by atoms with Crippen LogP contribution in [-0.4, -0.2) is 41.6 Å². The van der Waals surface area contributed by atoms with Gasteiger partial charge in [-0.1, -0.05) is 6.92 Å². The Bertz CT molecular complexity index is 581. The van der Waals surface area contributed by atoms with E-state index in [1.165, 1.54) is 16.8 Å². The number of carbonyl (C=O) groups is 1. The number of thioether (sulfide) groups is 1. The topological polar surface area (TPSA) is 88.4 Å².